The molecule has 0 unspecified atom stereocenters. The number of rotatable bonds is 4. The quantitative estimate of drug-likeness (QED) is 0.568. The molecule has 0 N–H and O–H groups in total. The molecule has 3 heterocycles. The second kappa shape index (κ2) is 5.31. The maximum atomic E-state index is 12.6. The molecule has 23 heavy (non-hydrogen) atoms. The fraction of sp³-hybridized carbons (Fsp3) is 0.267. The van der Waals surface area contributed by atoms with Crippen molar-refractivity contribution in [1.29, 1.82) is 0 Å². The van der Waals surface area contributed by atoms with Crippen molar-refractivity contribution in [2.24, 2.45) is 0 Å². The van der Waals surface area contributed by atoms with E-state index < -0.39 is 0 Å². The predicted octanol–water partition coefficient (Wildman–Crippen LogP) is 1.59. The molecule has 116 valence electrons. The van der Waals surface area contributed by atoms with Crippen molar-refractivity contribution in [3.63, 3.8) is 0 Å². The van der Waals surface area contributed by atoms with Crippen LogP contribution in [0.2, 0.25) is 0 Å². The Morgan fingerprint density at radius 2 is 2.13 bits per heavy atom. The third-order valence-electron chi connectivity index (χ3n) is 3.70. The van der Waals surface area contributed by atoms with Crippen LogP contribution in [0.4, 0.5) is 0 Å². The molecule has 0 aliphatic heterocycles. The number of benzene rings is 1. The van der Waals surface area contributed by atoms with E-state index >= 15 is 0 Å². The van der Waals surface area contributed by atoms with Gasteiger partial charge in [0.1, 0.15) is 11.1 Å². The monoisotopic (exact) mass is 310 g/mol. The lowest BCUT2D eigenvalue weighted by molar-refractivity contribution is 0.538. The maximum Gasteiger partial charge on any atom is 0.297 e. The van der Waals surface area contributed by atoms with E-state index in [1.807, 2.05) is 31.2 Å². The van der Waals surface area contributed by atoms with Crippen molar-refractivity contribution in [1.82, 2.24) is 29.8 Å². The molecule has 0 saturated carbocycles. The van der Waals surface area contributed by atoms with E-state index in [1.54, 1.807) is 4.68 Å². The summed E-state index contributed by atoms with van der Waals surface area (Å²) in [5.74, 6) is 0.617. The van der Waals surface area contributed by atoms with Crippen LogP contribution in [0.15, 0.2) is 39.8 Å². The Labute approximate surface area is 130 Å². The van der Waals surface area contributed by atoms with Crippen molar-refractivity contribution >= 4 is 22.1 Å². The highest BCUT2D eigenvalue weighted by Crippen LogP contribution is 2.24. The lowest BCUT2D eigenvalue weighted by Gasteiger charge is -2.05. The first-order chi connectivity index (χ1) is 11.3. The number of aryl methyl sites for hydroxylation is 1. The summed E-state index contributed by atoms with van der Waals surface area (Å²) >= 11 is 0. The number of hydrogen-bond acceptors (Lipinski definition) is 6. The zero-order valence-corrected chi connectivity index (χ0v) is 12.5. The minimum absolute atomic E-state index is 0.239. The highest BCUT2D eigenvalue weighted by molar-refractivity contribution is 6.01. The summed E-state index contributed by atoms with van der Waals surface area (Å²) in [6.45, 7) is 3.00. The zero-order valence-electron chi connectivity index (χ0n) is 12.5. The Hall–Kier alpha value is -3.03. The van der Waals surface area contributed by atoms with Gasteiger partial charge in [-0.2, -0.15) is 0 Å². The van der Waals surface area contributed by atoms with E-state index in [-0.39, 0.29) is 17.7 Å². The van der Waals surface area contributed by atoms with Gasteiger partial charge in [0.2, 0.25) is 5.58 Å². The SMILES string of the molecule is CCCn1nnnc1Cn1cnc2c(oc3ccccc32)c1=O. The maximum absolute atomic E-state index is 12.6. The lowest BCUT2D eigenvalue weighted by Crippen LogP contribution is -2.22. The largest absolute Gasteiger partial charge is 0.448 e. The molecular formula is C15H14N6O2. The molecule has 0 bridgehead atoms. The van der Waals surface area contributed by atoms with Crippen LogP contribution in [0.3, 0.4) is 0 Å². The van der Waals surface area contributed by atoms with Gasteiger partial charge in [0.05, 0.1) is 12.9 Å². The molecule has 0 spiro atoms. The van der Waals surface area contributed by atoms with Crippen LogP contribution < -0.4 is 5.56 Å². The van der Waals surface area contributed by atoms with Gasteiger partial charge in [-0.1, -0.05) is 19.1 Å². The first kappa shape index (κ1) is 13.6. The van der Waals surface area contributed by atoms with Crippen LogP contribution in [-0.2, 0) is 13.1 Å². The number of furan rings is 1. The fourth-order valence-corrected chi connectivity index (χ4v) is 2.60. The average Bonchev–Trinajstić information content (AvgIpc) is 3.15. The van der Waals surface area contributed by atoms with Crippen molar-refractivity contribution in [2.45, 2.75) is 26.4 Å². The summed E-state index contributed by atoms with van der Waals surface area (Å²) in [5.41, 5.74) is 1.25. The Balaban J connectivity index is 1.82. The molecule has 8 heteroatoms. The van der Waals surface area contributed by atoms with Crippen molar-refractivity contribution < 1.29 is 4.42 Å². The van der Waals surface area contributed by atoms with E-state index in [9.17, 15) is 4.79 Å². The average molecular weight is 310 g/mol. The van der Waals surface area contributed by atoms with Crippen LogP contribution in [0.1, 0.15) is 19.2 Å². The Bertz CT molecular complexity index is 1040. The second-order valence-corrected chi connectivity index (χ2v) is 5.27. The molecule has 1 aromatic carbocycles. The van der Waals surface area contributed by atoms with Gasteiger partial charge in [0.25, 0.3) is 5.56 Å². The lowest BCUT2D eigenvalue weighted by atomic mass is 10.2. The van der Waals surface area contributed by atoms with E-state index in [1.165, 1.54) is 10.9 Å². The van der Waals surface area contributed by atoms with Crippen LogP contribution in [0.25, 0.3) is 22.1 Å². The summed E-state index contributed by atoms with van der Waals surface area (Å²) in [7, 11) is 0. The van der Waals surface area contributed by atoms with Gasteiger partial charge >= 0.3 is 0 Å². The van der Waals surface area contributed by atoms with E-state index in [0.717, 1.165) is 11.8 Å². The number of nitrogens with zero attached hydrogens (tertiary/aromatic N) is 6. The predicted molar refractivity (Wildman–Crippen MR) is 83.0 cm³/mol. The normalized spacial score (nSPS) is 11.5. The molecule has 0 radical (unpaired) electrons. The van der Waals surface area contributed by atoms with Gasteiger partial charge in [-0.25, -0.2) is 9.67 Å². The Morgan fingerprint density at radius 3 is 3.00 bits per heavy atom. The summed E-state index contributed by atoms with van der Waals surface area (Å²) in [6, 6.07) is 7.47. The number of hydrogen-bond donors (Lipinski definition) is 0. The van der Waals surface area contributed by atoms with Crippen LogP contribution in [0.5, 0.6) is 0 Å². The standard InChI is InChI=1S/C15H14N6O2/c1-2-7-21-12(17-18-19-21)8-20-9-16-13-10-5-3-4-6-11(10)23-14(13)15(20)22/h3-6,9H,2,7-8H2,1H3. The van der Waals surface area contributed by atoms with Gasteiger partial charge in [0, 0.05) is 11.9 Å². The third-order valence-corrected chi connectivity index (χ3v) is 3.70. The molecule has 3 aromatic heterocycles. The third kappa shape index (κ3) is 2.19. The number of fused-ring (bicyclic) bond motifs is 3. The molecule has 0 saturated heterocycles. The van der Waals surface area contributed by atoms with Gasteiger partial charge in [0.15, 0.2) is 5.82 Å². The number of aromatic nitrogens is 6. The molecule has 8 nitrogen and oxygen atoms in total. The van der Waals surface area contributed by atoms with Gasteiger partial charge in [-0.15, -0.1) is 5.10 Å². The number of para-hydroxylation sites is 1. The molecule has 0 atom stereocenters. The minimum Gasteiger partial charge on any atom is -0.448 e. The van der Waals surface area contributed by atoms with Gasteiger partial charge in [-0.05, 0) is 29.0 Å². The van der Waals surface area contributed by atoms with Crippen LogP contribution >= 0.6 is 0 Å². The van der Waals surface area contributed by atoms with E-state index in [2.05, 4.69) is 20.5 Å². The van der Waals surface area contributed by atoms with Crippen molar-refractivity contribution in [3.05, 3.63) is 46.8 Å². The van der Waals surface area contributed by atoms with Crippen LogP contribution in [-0.4, -0.2) is 29.8 Å². The Morgan fingerprint density at radius 1 is 1.26 bits per heavy atom. The molecule has 4 aromatic rings. The summed E-state index contributed by atoms with van der Waals surface area (Å²) in [5, 5.41) is 12.4. The summed E-state index contributed by atoms with van der Waals surface area (Å²) in [6.07, 6.45) is 2.42. The van der Waals surface area contributed by atoms with Gasteiger partial charge < -0.3 is 4.42 Å². The highest BCUT2D eigenvalue weighted by Gasteiger charge is 2.14. The topological polar surface area (TPSA) is 91.6 Å². The molecular weight excluding hydrogens is 296 g/mol. The number of tetrazole rings is 1. The first-order valence-corrected chi connectivity index (χ1v) is 7.39. The molecule has 0 aliphatic rings. The molecule has 0 aliphatic carbocycles. The van der Waals surface area contributed by atoms with E-state index in [4.69, 9.17) is 4.42 Å². The fourth-order valence-electron chi connectivity index (χ4n) is 2.60. The zero-order chi connectivity index (χ0) is 15.8. The minimum atomic E-state index is -0.239. The Kier molecular flexibility index (Phi) is 3.14. The molecule has 0 amide bonds. The first-order valence-electron chi connectivity index (χ1n) is 7.39. The van der Waals surface area contributed by atoms with E-state index in [0.29, 0.717) is 23.5 Å². The van der Waals surface area contributed by atoms with Crippen LogP contribution in [0, 0.1) is 0 Å². The van der Waals surface area contributed by atoms with Crippen molar-refractivity contribution in [2.75, 3.05) is 0 Å². The van der Waals surface area contributed by atoms with Crippen molar-refractivity contribution in [3.8, 4) is 0 Å². The highest BCUT2D eigenvalue weighted by atomic mass is 16.3. The summed E-state index contributed by atoms with van der Waals surface area (Å²) < 4.78 is 8.82. The molecule has 0 fully saturated rings. The second-order valence-electron chi connectivity index (χ2n) is 5.27. The smallest absolute Gasteiger partial charge is 0.297 e. The summed E-state index contributed by atoms with van der Waals surface area (Å²) in [4.78, 5) is 17.0. The van der Waals surface area contributed by atoms with Gasteiger partial charge in [-0.3, -0.25) is 9.36 Å². The molecule has 4 rings (SSSR count).